The fourth-order valence-electron chi connectivity index (χ4n) is 3.14. The molecule has 1 amide bonds. The molecule has 7 heteroatoms. The monoisotopic (exact) mass is 342 g/mol. The molecule has 0 radical (unpaired) electrons. The number of carbonyl (C=O) groups is 1. The highest BCUT2D eigenvalue weighted by atomic mass is 32.1. The minimum Gasteiger partial charge on any atom is -0.466 e. The molecule has 0 saturated carbocycles. The molecular formula is C17H18N4O2S. The molecule has 1 aliphatic heterocycles. The summed E-state index contributed by atoms with van der Waals surface area (Å²) >= 11 is 1.66. The largest absolute Gasteiger partial charge is 0.466 e. The molecule has 4 heterocycles. The molecule has 4 rings (SSSR count). The third-order valence-electron chi connectivity index (χ3n) is 4.36. The number of furan rings is 1. The van der Waals surface area contributed by atoms with E-state index in [1.54, 1.807) is 17.7 Å². The van der Waals surface area contributed by atoms with E-state index in [-0.39, 0.29) is 5.91 Å². The summed E-state index contributed by atoms with van der Waals surface area (Å²) in [6, 6.07) is 3.83. The van der Waals surface area contributed by atoms with Crippen LogP contribution < -0.4 is 4.90 Å². The summed E-state index contributed by atoms with van der Waals surface area (Å²) in [5.74, 6) is 2.48. The first kappa shape index (κ1) is 15.1. The summed E-state index contributed by atoms with van der Waals surface area (Å²) < 4.78 is 6.59. The molecule has 0 aromatic carbocycles. The van der Waals surface area contributed by atoms with Gasteiger partial charge in [-0.3, -0.25) is 4.79 Å². The molecule has 0 bridgehead atoms. The number of hydrogen-bond donors (Lipinski definition) is 0. The van der Waals surface area contributed by atoms with Crippen LogP contribution in [0.3, 0.4) is 0 Å². The average Bonchev–Trinajstić information content (AvgIpc) is 3.20. The number of nitrogens with zero attached hydrogens (tertiary/aromatic N) is 4. The molecule has 0 aliphatic carbocycles. The standard InChI is InChI=1S/C17H18N4O2S/c1-11-9-13(12(2)23-11)17(22)21-6-4-20(5-7-21)16-15-14(3-8-24-15)18-10-19-16/h3,8-10H,4-7H2,1-2H3. The number of amides is 1. The molecule has 1 saturated heterocycles. The molecule has 1 fully saturated rings. The molecule has 1 aliphatic rings. The highest BCUT2D eigenvalue weighted by Gasteiger charge is 2.26. The first-order valence-corrected chi connectivity index (χ1v) is 8.81. The van der Waals surface area contributed by atoms with Gasteiger partial charge in [-0.05, 0) is 31.4 Å². The summed E-state index contributed by atoms with van der Waals surface area (Å²) in [5.41, 5.74) is 1.65. The van der Waals surface area contributed by atoms with Crippen molar-refractivity contribution in [2.45, 2.75) is 13.8 Å². The minimum atomic E-state index is 0.0490. The van der Waals surface area contributed by atoms with Crippen LogP contribution in [0.2, 0.25) is 0 Å². The van der Waals surface area contributed by atoms with Crippen molar-refractivity contribution in [3.05, 3.63) is 40.9 Å². The summed E-state index contributed by atoms with van der Waals surface area (Å²) in [5, 5.41) is 2.03. The highest BCUT2D eigenvalue weighted by molar-refractivity contribution is 7.17. The molecule has 3 aromatic rings. The van der Waals surface area contributed by atoms with Gasteiger partial charge in [0.2, 0.25) is 0 Å². The molecule has 3 aromatic heterocycles. The van der Waals surface area contributed by atoms with Gasteiger partial charge in [0.05, 0.1) is 15.8 Å². The normalized spacial score (nSPS) is 15.2. The Balaban J connectivity index is 1.50. The number of hydrogen-bond acceptors (Lipinski definition) is 6. The van der Waals surface area contributed by atoms with Gasteiger partial charge in [-0.1, -0.05) is 0 Å². The lowest BCUT2D eigenvalue weighted by Gasteiger charge is -2.35. The van der Waals surface area contributed by atoms with E-state index in [9.17, 15) is 4.79 Å². The van der Waals surface area contributed by atoms with Crippen LogP contribution in [-0.4, -0.2) is 47.0 Å². The van der Waals surface area contributed by atoms with E-state index in [0.717, 1.165) is 34.9 Å². The Labute approximate surface area is 143 Å². The van der Waals surface area contributed by atoms with E-state index in [4.69, 9.17) is 4.42 Å². The Morgan fingerprint density at radius 2 is 2.00 bits per heavy atom. The van der Waals surface area contributed by atoms with E-state index in [1.165, 1.54) is 0 Å². The van der Waals surface area contributed by atoms with Gasteiger partial charge in [-0.15, -0.1) is 11.3 Å². The lowest BCUT2D eigenvalue weighted by Crippen LogP contribution is -2.49. The summed E-state index contributed by atoms with van der Waals surface area (Å²) in [7, 11) is 0. The zero-order chi connectivity index (χ0) is 16.7. The maximum atomic E-state index is 12.7. The van der Waals surface area contributed by atoms with E-state index < -0.39 is 0 Å². The maximum Gasteiger partial charge on any atom is 0.257 e. The van der Waals surface area contributed by atoms with Crippen LogP contribution in [0.15, 0.2) is 28.3 Å². The number of aryl methyl sites for hydroxylation is 2. The first-order valence-electron chi connectivity index (χ1n) is 7.93. The van der Waals surface area contributed by atoms with E-state index in [1.807, 2.05) is 36.3 Å². The second-order valence-corrected chi connectivity index (χ2v) is 6.85. The Kier molecular flexibility index (Phi) is 3.72. The quantitative estimate of drug-likeness (QED) is 0.717. The van der Waals surface area contributed by atoms with Crippen LogP contribution >= 0.6 is 11.3 Å². The zero-order valence-electron chi connectivity index (χ0n) is 13.7. The van der Waals surface area contributed by atoms with Gasteiger partial charge in [0, 0.05) is 26.2 Å². The van der Waals surface area contributed by atoms with Crippen molar-refractivity contribution >= 4 is 33.3 Å². The van der Waals surface area contributed by atoms with Crippen LogP contribution in [0.5, 0.6) is 0 Å². The molecule has 0 spiro atoms. The summed E-state index contributed by atoms with van der Waals surface area (Å²) in [6.07, 6.45) is 1.61. The Hall–Kier alpha value is -2.41. The van der Waals surface area contributed by atoms with Crippen LogP contribution in [0.1, 0.15) is 21.9 Å². The zero-order valence-corrected chi connectivity index (χ0v) is 14.5. The molecule has 6 nitrogen and oxygen atoms in total. The molecular weight excluding hydrogens is 324 g/mol. The van der Waals surface area contributed by atoms with Gasteiger partial charge < -0.3 is 14.2 Å². The third-order valence-corrected chi connectivity index (χ3v) is 5.26. The number of thiophene rings is 1. The van der Waals surface area contributed by atoms with Gasteiger partial charge in [0.15, 0.2) is 0 Å². The van der Waals surface area contributed by atoms with Crippen LogP contribution in [0.4, 0.5) is 5.82 Å². The van der Waals surface area contributed by atoms with Crippen molar-refractivity contribution in [2.24, 2.45) is 0 Å². The molecule has 0 unspecified atom stereocenters. The maximum absolute atomic E-state index is 12.7. The number of anilines is 1. The number of rotatable bonds is 2. The van der Waals surface area contributed by atoms with Gasteiger partial charge in [-0.2, -0.15) is 0 Å². The highest BCUT2D eigenvalue weighted by Crippen LogP contribution is 2.28. The van der Waals surface area contributed by atoms with E-state index >= 15 is 0 Å². The summed E-state index contributed by atoms with van der Waals surface area (Å²) in [6.45, 7) is 6.60. The Morgan fingerprint density at radius 1 is 1.21 bits per heavy atom. The predicted octanol–water partition coefficient (Wildman–Crippen LogP) is 2.86. The average molecular weight is 342 g/mol. The van der Waals surface area contributed by atoms with E-state index in [2.05, 4.69) is 14.9 Å². The van der Waals surface area contributed by atoms with Gasteiger partial charge in [0.1, 0.15) is 23.7 Å². The minimum absolute atomic E-state index is 0.0490. The predicted molar refractivity (Wildman–Crippen MR) is 93.7 cm³/mol. The second kappa shape index (κ2) is 5.90. The SMILES string of the molecule is Cc1cc(C(=O)N2CCN(c3ncnc4ccsc34)CC2)c(C)o1. The van der Waals surface area contributed by atoms with Crippen molar-refractivity contribution in [1.82, 2.24) is 14.9 Å². The topological polar surface area (TPSA) is 62.5 Å². The van der Waals surface area contributed by atoms with Crippen LogP contribution in [0.25, 0.3) is 10.2 Å². The smallest absolute Gasteiger partial charge is 0.257 e. The number of carbonyl (C=O) groups excluding carboxylic acids is 1. The van der Waals surface area contributed by atoms with Gasteiger partial charge in [-0.25, -0.2) is 9.97 Å². The van der Waals surface area contributed by atoms with Crippen LogP contribution in [-0.2, 0) is 0 Å². The number of piperazine rings is 1. The Morgan fingerprint density at radius 3 is 2.71 bits per heavy atom. The van der Waals surface area contributed by atoms with Crippen LogP contribution in [0, 0.1) is 13.8 Å². The first-order chi connectivity index (χ1) is 11.6. The number of fused-ring (bicyclic) bond motifs is 1. The van der Waals surface area contributed by atoms with Crippen molar-refractivity contribution < 1.29 is 9.21 Å². The van der Waals surface area contributed by atoms with Crippen molar-refractivity contribution in [3.63, 3.8) is 0 Å². The van der Waals surface area contributed by atoms with Crippen molar-refractivity contribution in [3.8, 4) is 0 Å². The lowest BCUT2D eigenvalue weighted by molar-refractivity contribution is 0.0745. The molecule has 0 atom stereocenters. The third kappa shape index (κ3) is 2.54. The molecule has 24 heavy (non-hydrogen) atoms. The lowest BCUT2D eigenvalue weighted by atomic mass is 10.2. The second-order valence-electron chi connectivity index (χ2n) is 5.94. The van der Waals surface area contributed by atoms with Gasteiger partial charge in [0.25, 0.3) is 5.91 Å². The number of aromatic nitrogens is 2. The van der Waals surface area contributed by atoms with Gasteiger partial charge >= 0.3 is 0 Å². The fourth-order valence-corrected chi connectivity index (χ4v) is 4.00. The Bertz CT molecular complexity index is 893. The fraction of sp³-hybridized carbons (Fsp3) is 0.353. The molecule has 124 valence electrons. The van der Waals surface area contributed by atoms with E-state index in [0.29, 0.717) is 24.4 Å². The summed E-state index contributed by atoms with van der Waals surface area (Å²) in [4.78, 5) is 25.5. The van der Waals surface area contributed by atoms with Crippen molar-refractivity contribution in [2.75, 3.05) is 31.1 Å². The van der Waals surface area contributed by atoms with Crippen molar-refractivity contribution in [1.29, 1.82) is 0 Å². The molecule has 0 N–H and O–H groups in total.